The molecule has 0 bridgehead atoms. The van der Waals surface area contributed by atoms with Gasteiger partial charge in [0.05, 0.1) is 0 Å². The molecule has 14 heavy (non-hydrogen) atoms. The molecule has 0 fully saturated rings. The molecule has 1 rings (SSSR count). The third-order valence-corrected chi connectivity index (χ3v) is 1.88. The molecule has 0 saturated carbocycles. The van der Waals surface area contributed by atoms with Gasteiger partial charge in [0.2, 0.25) is 0 Å². The molecule has 0 aliphatic heterocycles. The van der Waals surface area contributed by atoms with E-state index in [2.05, 4.69) is 42.9 Å². The quantitative estimate of drug-likeness (QED) is 0.497. The summed E-state index contributed by atoms with van der Waals surface area (Å²) in [5.41, 5.74) is 0. The Kier molecular flexibility index (Phi) is 6.39. The molecular formula is C14H17. The summed E-state index contributed by atoms with van der Waals surface area (Å²) in [6.45, 7) is 0. The van der Waals surface area contributed by atoms with Crippen LogP contribution in [-0.2, 0) is 0 Å². The minimum atomic E-state index is 1.03. The van der Waals surface area contributed by atoms with Gasteiger partial charge in [-0.05, 0) is 25.7 Å². The molecule has 73 valence electrons. The van der Waals surface area contributed by atoms with Crippen molar-refractivity contribution in [3.05, 3.63) is 67.2 Å². The number of allylic oxidation sites excluding steroid dienone is 10. The average molecular weight is 185 g/mol. The Morgan fingerprint density at radius 1 is 0.500 bits per heavy atom. The Balaban J connectivity index is 2.46. The van der Waals surface area contributed by atoms with E-state index in [4.69, 9.17) is 0 Å². The van der Waals surface area contributed by atoms with Crippen LogP contribution < -0.4 is 0 Å². The minimum Gasteiger partial charge on any atom is -0.0882 e. The lowest BCUT2D eigenvalue weighted by Crippen LogP contribution is -1.70. The fraction of sp³-hybridized carbons (Fsp3) is 0.214. The van der Waals surface area contributed by atoms with Crippen molar-refractivity contribution in [2.24, 2.45) is 0 Å². The molecule has 1 radical (unpaired) electrons. The minimum absolute atomic E-state index is 1.03. The maximum absolute atomic E-state index is 2.24. The van der Waals surface area contributed by atoms with Crippen LogP contribution in [0.4, 0.5) is 0 Å². The summed E-state index contributed by atoms with van der Waals surface area (Å²) in [6, 6.07) is 0. The van der Waals surface area contributed by atoms with Crippen LogP contribution in [0.5, 0.6) is 0 Å². The van der Waals surface area contributed by atoms with E-state index >= 15 is 0 Å². The van der Waals surface area contributed by atoms with Gasteiger partial charge in [-0.25, -0.2) is 0 Å². The molecule has 0 heteroatoms. The Bertz CT molecular complexity index is 262. The van der Waals surface area contributed by atoms with Crippen molar-refractivity contribution < 1.29 is 0 Å². The number of rotatable bonds is 0. The first-order chi connectivity index (χ1) is 7.00. The van der Waals surface area contributed by atoms with Crippen molar-refractivity contribution in [2.45, 2.75) is 19.3 Å². The molecule has 0 amide bonds. The zero-order valence-corrected chi connectivity index (χ0v) is 8.47. The molecule has 0 nitrogen and oxygen atoms in total. The molecule has 0 N–H and O–H groups in total. The fourth-order valence-corrected chi connectivity index (χ4v) is 1.14. The van der Waals surface area contributed by atoms with Crippen LogP contribution in [0.2, 0.25) is 0 Å². The third kappa shape index (κ3) is 6.24. The second-order valence-corrected chi connectivity index (χ2v) is 3.10. The van der Waals surface area contributed by atoms with Crippen molar-refractivity contribution in [2.75, 3.05) is 0 Å². The summed E-state index contributed by atoms with van der Waals surface area (Å²) < 4.78 is 0. The van der Waals surface area contributed by atoms with Gasteiger partial charge in [-0.3, -0.25) is 0 Å². The summed E-state index contributed by atoms with van der Waals surface area (Å²) in [5, 5.41) is 0. The van der Waals surface area contributed by atoms with Crippen LogP contribution in [-0.4, -0.2) is 0 Å². The highest BCUT2D eigenvalue weighted by Crippen LogP contribution is 1.99. The fourth-order valence-electron chi connectivity index (χ4n) is 1.14. The largest absolute Gasteiger partial charge is 0.0882 e. The van der Waals surface area contributed by atoms with Crippen molar-refractivity contribution in [3.63, 3.8) is 0 Å². The standard InChI is InChI=1S/C14H17/c1-2-4-6-8-10-12-14-13-11-9-7-5-3-1/h1-9,12,14H,10-11,13H2/b3-1-,4-2+,7-5+,8-6+,14-12-. The predicted molar refractivity (Wildman–Crippen MR) is 63.9 cm³/mol. The van der Waals surface area contributed by atoms with Crippen LogP contribution in [0.25, 0.3) is 0 Å². The van der Waals surface area contributed by atoms with Gasteiger partial charge in [-0.2, -0.15) is 0 Å². The molecular weight excluding hydrogens is 168 g/mol. The summed E-state index contributed by atoms with van der Waals surface area (Å²) in [7, 11) is 0. The van der Waals surface area contributed by atoms with Crippen LogP contribution in [0.1, 0.15) is 19.3 Å². The second-order valence-electron chi connectivity index (χ2n) is 3.10. The van der Waals surface area contributed by atoms with E-state index in [1.54, 1.807) is 0 Å². The molecule has 0 aromatic heterocycles. The first-order valence-corrected chi connectivity index (χ1v) is 5.13. The normalized spacial score (nSPS) is 29.7. The summed E-state index contributed by atoms with van der Waals surface area (Å²) >= 11 is 0. The number of hydrogen-bond donors (Lipinski definition) is 0. The Morgan fingerprint density at radius 3 is 2.07 bits per heavy atom. The zero-order valence-electron chi connectivity index (χ0n) is 8.47. The van der Waals surface area contributed by atoms with E-state index in [-0.39, 0.29) is 0 Å². The molecule has 0 aromatic rings. The highest BCUT2D eigenvalue weighted by molar-refractivity contribution is 5.17. The maximum Gasteiger partial charge on any atom is -0.0164 e. The highest BCUT2D eigenvalue weighted by Gasteiger charge is 1.80. The van der Waals surface area contributed by atoms with Crippen molar-refractivity contribution in [1.82, 2.24) is 0 Å². The number of hydrogen-bond acceptors (Lipinski definition) is 0. The van der Waals surface area contributed by atoms with Crippen LogP contribution >= 0.6 is 0 Å². The lowest BCUT2D eigenvalue weighted by molar-refractivity contribution is 0.998. The van der Waals surface area contributed by atoms with E-state index in [0.717, 1.165) is 19.3 Å². The van der Waals surface area contributed by atoms with Crippen molar-refractivity contribution in [3.8, 4) is 0 Å². The third-order valence-electron chi connectivity index (χ3n) is 1.88. The van der Waals surface area contributed by atoms with Gasteiger partial charge in [0.1, 0.15) is 0 Å². The first-order valence-electron chi connectivity index (χ1n) is 5.13. The van der Waals surface area contributed by atoms with E-state index in [1.807, 2.05) is 24.3 Å². The van der Waals surface area contributed by atoms with E-state index in [0.29, 0.717) is 0 Å². The van der Waals surface area contributed by atoms with Crippen LogP contribution in [0, 0.1) is 6.42 Å². The van der Waals surface area contributed by atoms with Crippen molar-refractivity contribution in [1.29, 1.82) is 0 Å². The Morgan fingerprint density at radius 2 is 1.21 bits per heavy atom. The lowest BCUT2D eigenvalue weighted by Gasteiger charge is -1.89. The molecule has 0 atom stereocenters. The molecule has 0 heterocycles. The van der Waals surface area contributed by atoms with Gasteiger partial charge in [0.25, 0.3) is 0 Å². The van der Waals surface area contributed by atoms with E-state index < -0.39 is 0 Å². The average Bonchev–Trinajstić information content (AvgIpc) is 2.22. The molecule has 1 aliphatic carbocycles. The summed E-state index contributed by atoms with van der Waals surface area (Å²) in [5.74, 6) is 0. The zero-order chi connectivity index (χ0) is 9.90. The van der Waals surface area contributed by atoms with Crippen molar-refractivity contribution >= 4 is 0 Å². The van der Waals surface area contributed by atoms with Gasteiger partial charge in [-0.1, -0.05) is 60.8 Å². The summed E-state index contributed by atoms with van der Waals surface area (Å²) in [6.07, 6.45) is 26.5. The second kappa shape index (κ2) is 8.31. The molecule has 0 saturated heterocycles. The van der Waals surface area contributed by atoms with Crippen LogP contribution in [0.15, 0.2) is 60.8 Å². The maximum atomic E-state index is 2.24. The SMILES string of the molecule is [CH]1/C=C/C=C\C=C\C=C\C/C=C\CC1. The van der Waals surface area contributed by atoms with E-state index in [1.165, 1.54) is 0 Å². The van der Waals surface area contributed by atoms with E-state index in [9.17, 15) is 0 Å². The lowest BCUT2D eigenvalue weighted by atomic mass is 10.2. The topological polar surface area (TPSA) is 0 Å². The molecule has 1 aliphatic rings. The highest BCUT2D eigenvalue weighted by atomic mass is 13.9. The van der Waals surface area contributed by atoms with Gasteiger partial charge in [0, 0.05) is 0 Å². The monoisotopic (exact) mass is 185 g/mol. The molecule has 0 spiro atoms. The smallest absolute Gasteiger partial charge is 0.0164 e. The van der Waals surface area contributed by atoms with Gasteiger partial charge < -0.3 is 0 Å². The van der Waals surface area contributed by atoms with Gasteiger partial charge in [0.15, 0.2) is 0 Å². The Labute approximate surface area is 87.0 Å². The predicted octanol–water partition coefficient (Wildman–Crippen LogP) is 4.16. The first kappa shape index (κ1) is 10.8. The molecule has 0 unspecified atom stereocenters. The molecule has 0 aromatic carbocycles. The summed E-state index contributed by atoms with van der Waals surface area (Å²) in [4.78, 5) is 0. The van der Waals surface area contributed by atoms with Gasteiger partial charge >= 0.3 is 0 Å². The Hall–Kier alpha value is -1.30. The van der Waals surface area contributed by atoms with Gasteiger partial charge in [-0.15, -0.1) is 0 Å². The van der Waals surface area contributed by atoms with Crippen LogP contribution in [0.3, 0.4) is 0 Å².